The molecule has 3 atom stereocenters. The first-order chi connectivity index (χ1) is 15.5. The van der Waals surface area contributed by atoms with E-state index < -0.39 is 16.1 Å². The van der Waals surface area contributed by atoms with Gasteiger partial charge in [-0.15, -0.1) is 0 Å². The van der Waals surface area contributed by atoms with E-state index in [2.05, 4.69) is 4.72 Å². The molecule has 33 heavy (non-hydrogen) atoms. The lowest BCUT2D eigenvalue weighted by Crippen LogP contribution is -2.49. The third-order valence-corrected chi connectivity index (χ3v) is 7.24. The number of aliphatic hydroxyl groups excluding tert-OH is 1. The number of hydrogen-bond donors (Lipinski definition) is 2. The maximum absolute atomic E-state index is 13.4. The molecule has 0 fully saturated rings. The van der Waals surface area contributed by atoms with Crippen LogP contribution in [-0.2, 0) is 10.0 Å². The van der Waals surface area contributed by atoms with Crippen molar-refractivity contribution >= 4 is 33.2 Å². The number of rotatable bonds is 7. The van der Waals surface area contributed by atoms with Crippen LogP contribution in [0.1, 0.15) is 24.2 Å². The van der Waals surface area contributed by atoms with E-state index in [-0.39, 0.29) is 40.7 Å². The van der Waals surface area contributed by atoms with E-state index in [0.717, 1.165) is 0 Å². The van der Waals surface area contributed by atoms with Gasteiger partial charge in [0.1, 0.15) is 11.9 Å². The number of nitrogens with zero attached hydrogens (tertiary/aromatic N) is 2. The van der Waals surface area contributed by atoms with Gasteiger partial charge in [0.2, 0.25) is 0 Å². The topological polar surface area (TPSA) is 99.2 Å². The van der Waals surface area contributed by atoms with Crippen molar-refractivity contribution in [3.05, 3.63) is 53.1 Å². The summed E-state index contributed by atoms with van der Waals surface area (Å²) in [5.74, 6) is 0.0683. The highest BCUT2D eigenvalue weighted by molar-refractivity contribution is 7.92. The molecule has 8 nitrogen and oxygen atoms in total. The lowest BCUT2D eigenvalue weighted by molar-refractivity contribution is 0.0363. The number of benzene rings is 2. The van der Waals surface area contributed by atoms with Crippen molar-refractivity contribution in [2.45, 2.75) is 30.9 Å². The Labute approximate surface area is 200 Å². The minimum Gasteiger partial charge on any atom is -0.488 e. The number of carbonyl (C=O) groups is 1. The standard InChI is InChI=1S/C23H30ClN3O5S/c1-15-12-27(16(2)14-28)23(29)20-11-18(7-10-21(20)32-22(15)13-26(3)4)25-33(30,31)19-8-5-17(24)6-9-19/h5-11,15-16,22,25,28H,12-14H2,1-4H3/t15-,16-,22+/m0/s1. The highest BCUT2D eigenvalue weighted by Gasteiger charge is 2.33. The molecule has 0 aliphatic carbocycles. The highest BCUT2D eigenvalue weighted by Crippen LogP contribution is 2.31. The van der Waals surface area contributed by atoms with E-state index >= 15 is 0 Å². The SMILES string of the molecule is C[C@H]1CN([C@@H](C)CO)C(=O)c2cc(NS(=O)(=O)c3ccc(Cl)cc3)ccc2O[C@@H]1CN(C)C. The van der Waals surface area contributed by atoms with E-state index in [1.165, 1.54) is 30.3 Å². The van der Waals surface area contributed by atoms with Crippen molar-refractivity contribution in [2.75, 3.05) is 38.5 Å². The molecule has 0 aromatic heterocycles. The van der Waals surface area contributed by atoms with Crippen molar-refractivity contribution in [1.29, 1.82) is 0 Å². The second-order valence-corrected chi connectivity index (χ2v) is 10.8. The molecule has 2 N–H and O–H groups in total. The van der Waals surface area contributed by atoms with Crippen LogP contribution in [0.3, 0.4) is 0 Å². The fourth-order valence-corrected chi connectivity index (χ4v) is 4.87. The number of aliphatic hydroxyl groups is 1. The van der Waals surface area contributed by atoms with Crippen molar-refractivity contribution in [1.82, 2.24) is 9.80 Å². The summed E-state index contributed by atoms with van der Waals surface area (Å²) in [7, 11) is 0.0147. The van der Waals surface area contributed by atoms with E-state index in [1.807, 2.05) is 25.9 Å². The summed E-state index contributed by atoms with van der Waals surface area (Å²) >= 11 is 5.86. The van der Waals surface area contributed by atoms with Gasteiger partial charge in [0.05, 0.1) is 23.1 Å². The first-order valence-corrected chi connectivity index (χ1v) is 12.5. The van der Waals surface area contributed by atoms with Gasteiger partial charge in [-0.2, -0.15) is 0 Å². The Bertz CT molecular complexity index is 1090. The Morgan fingerprint density at radius 3 is 2.52 bits per heavy atom. The predicted molar refractivity (Wildman–Crippen MR) is 128 cm³/mol. The smallest absolute Gasteiger partial charge is 0.261 e. The molecule has 1 aliphatic heterocycles. The summed E-state index contributed by atoms with van der Waals surface area (Å²) in [5, 5.41) is 10.2. The van der Waals surface area contributed by atoms with E-state index in [0.29, 0.717) is 23.9 Å². The molecule has 0 bridgehead atoms. The van der Waals surface area contributed by atoms with Crippen LogP contribution in [0.2, 0.25) is 5.02 Å². The Morgan fingerprint density at radius 2 is 1.91 bits per heavy atom. The summed E-state index contributed by atoms with van der Waals surface area (Å²) in [4.78, 5) is 17.1. The number of fused-ring (bicyclic) bond motifs is 1. The van der Waals surface area contributed by atoms with Crippen LogP contribution in [0.15, 0.2) is 47.4 Å². The first-order valence-electron chi connectivity index (χ1n) is 10.7. The van der Waals surface area contributed by atoms with Crippen molar-refractivity contribution < 1.29 is 23.1 Å². The molecule has 1 heterocycles. The monoisotopic (exact) mass is 495 g/mol. The Hall–Kier alpha value is -2.33. The fourth-order valence-electron chi connectivity index (χ4n) is 3.69. The van der Waals surface area contributed by atoms with Crippen molar-refractivity contribution in [3.63, 3.8) is 0 Å². The largest absolute Gasteiger partial charge is 0.488 e. The number of nitrogens with one attached hydrogen (secondary N) is 1. The minimum absolute atomic E-state index is 0.0154. The Balaban J connectivity index is 2.00. The van der Waals surface area contributed by atoms with Gasteiger partial charge in [-0.1, -0.05) is 18.5 Å². The zero-order chi connectivity index (χ0) is 24.3. The van der Waals surface area contributed by atoms with E-state index in [9.17, 15) is 18.3 Å². The molecule has 0 radical (unpaired) electrons. The molecule has 2 aromatic carbocycles. The van der Waals surface area contributed by atoms with Gasteiger partial charge in [-0.3, -0.25) is 9.52 Å². The normalized spacial score (nSPS) is 20.0. The second-order valence-electron chi connectivity index (χ2n) is 8.66. The maximum Gasteiger partial charge on any atom is 0.261 e. The summed E-state index contributed by atoms with van der Waals surface area (Å²) in [6, 6.07) is 10.1. The van der Waals surface area contributed by atoms with Gasteiger partial charge in [-0.25, -0.2) is 8.42 Å². The summed E-state index contributed by atoms with van der Waals surface area (Å²) in [6.07, 6.45) is -0.197. The zero-order valence-electron chi connectivity index (χ0n) is 19.2. The molecule has 0 unspecified atom stereocenters. The van der Waals surface area contributed by atoms with Gasteiger partial charge >= 0.3 is 0 Å². The van der Waals surface area contributed by atoms with Gasteiger partial charge in [0, 0.05) is 29.7 Å². The number of carbonyl (C=O) groups excluding carboxylic acids is 1. The molecule has 3 rings (SSSR count). The third kappa shape index (κ3) is 5.97. The van der Waals surface area contributed by atoms with Gasteiger partial charge in [0.15, 0.2) is 0 Å². The summed E-state index contributed by atoms with van der Waals surface area (Å²) in [6.45, 7) is 4.65. The molecule has 10 heteroatoms. The predicted octanol–water partition coefficient (Wildman–Crippen LogP) is 2.92. The molecule has 0 saturated heterocycles. The highest BCUT2D eigenvalue weighted by atomic mass is 35.5. The zero-order valence-corrected chi connectivity index (χ0v) is 20.7. The van der Waals surface area contributed by atoms with Crippen LogP contribution in [0.5, 0.6) is 5.75 Å². The van der Waals surface area contributed by atoms with Crippen LogP contribution < -0.4 is 9.46 Å². The van der Waals surface area contributed by atoms with E-state index in [1.54, 1.807) is 24.0 Å². The molecule has 0 saturated carbocycles. The average Bonchev–Trinajstić information content (AvgIpc) is 2.76. The van der Waals surface area contributed by atoms with Gasteiger partial charge in [-0.05, 0) is 63.5 Å². The Morgan fingerprint density at radius 1 is 1.24 bits per heavy atom. The first kappa shape index (κ1) is 25.3. The third-order valence-electron chi connectivity index (χ3n) is 5.59. The Kier molecular flexibility index (Phi) is 7.89. The van der Waals surface area contributed by atoms with Gasteiger partial charge < -0.3 is 19.6 Å². The summed E-state index contributed by atoms with van der Waals surface area (Å²) in [5.41, 5.74) is 0.470. The number of amides is 1. The number of likely N-dealkylation sites (N-methyl/N-ethyl adjacent to an activating group) is 1. The van der Waals surface area contributed by atoms with Crippen LogP contribution in [-0.4, -0.2) is 75.2 Å². The number of ether oxygens (including phenoxy) is 1. The number of halogens is 1. The molecular weight excluding hydrogens is 466 g/mol. The van der Waals surface area contributed by atoms with Crippen LogP contribution in [0.4, 0.5) is 5.69 Å². The molecule has 1 amide bonds. The summed E-state index contributed by atoms with van der Waals surface area (Å²) < 4.78 is 34.4. The van der Waals surface area contributed by atoms with Crippen LogP contribution >= 0.6 is 11.6 Å². The van der Waals surface area contributed by atoms with E-state index in [4.69, 9.17) is 16.3 Å². The van der Waals surface area contributed by atoms with Crippen LogP contribution in [0, 0.1) is 5.92 Å². The number of anilines is 1. The lowest BCUT2D eigenvalue weighted by Gasteiger charge is -2.37. The number of sulfonamides is 1. The van der Waals surface area contributed by atoms with Crippen molar-refractivity contribution in [3.8, 4) is 5.75 Å². The van der Waals surface area contributed by atoms with Crippen molar-refractivity contribution in [2.24, 2.45) is 5.92 Å². The fraction of sp³-hybridized carbons (Fsp3) is 0.435. The van der Waals surface area contributed by atoms with Gasteiger partial charge in [0.25, 0.3) is 15.9 Å². The maximum atomic E-state index is 13.4. The minimum atomic E-state index is -3.88. The molecule has 0 spiro atoms. The second kappa shape index (κ2) is 10.3. The molecule has 2 aromatic rings. The quantitative estimate of drug-likeness (QED) is 0.612. The molecule has 1 aliphatic rings. The molecule has 180 valence electrons. The average molecular weight is 496 g/mol. The number of hydrogen-bond acceptors (Lipinski definition) is 6. The molecular formula is C23H30ClN3O5S. The lowest BCUT2D eigenvalue weighted by atomic mass is 9.99. The van der Waals surface area contributed by atoms with Crippen LogP contribution in [0.25, 0.3) is 0 Å².